The third-order valence-electron chi connectivity index (χ3n) is 3.74. The number of pyridine rings is 1. The Labute approximate surface area is 164 Å². The van der Waals surface area contributed by atoms with E-state index in [1.807, 2.05) is 43.3 Å². The Balaban J connectivity index is 1.35. The zero-order valence-corrected chi connectivity index (χ0v) is 16.0. The first kappa shape index (κ1) is 17.6. The minimum atomic E-state index is -0.117. The summed E-state index contributed by atoms with van der Waals surface area (Å²) in [6.07, 6.45) is 3.45. The molecule has 0 atom stereocenters. The molecular formula is C19H15N5OS2. The van der Waals surface area contributed by atoms with Crippen molar-refractivity contribution in [2.45, 2.75) is 11.9 Å². The SMILES string of the molecule is Cc1ccc2nc(NC(=O)CSc3ccc(-c4cccnc4)nn3)sc2c1. The average Bonchev–Trinajstić information content (AvgIpc) is 3.08. The number of fused-ring (bicyclic) bond motifs is 1. The summed E-state index contributed by atoms with van der Waals surface area (Å²) in [5.74, 6) is 0.129. The first-order valence-electron chi connectivity index (χ1n) is 8.21. The monoisotopic (exact) mass is 393 g/mol. The van der Waals surface area contributed by atoms with Gasteiger partial charge in [0, 0.05) is 18.0 Å². The molecule has 6 nitrogen and oxygen atoms in total. The van der Waals surface area contributed by atoms with Gasteiger partial charge in [0.05, 0.1) is 21.7 Å². The van der Waals surface area contributed by atoms with Crippen LogP contribution in [0.3, 0.4) is 0 Å². The van der Waals surface area contributed by atoms with Crippen molar-refractivity contribution >= 4 is 44.4 Å². The Morgan fingerprint density at radius 1 is 1.19 bits per heavy atom. The summed E-state index contributed by atoms with van der Waals surface area (Å²) in [7, 11) is 0. The zero-order chi connectivity index (χ0) is 18.6. The van der Waals surface area contributed by atoms with E-state index in [2.05, 4.69) is 31.5 Å². The number of thiazole rings is 1. The lowest BCUT2D eigenvalue weighted by molar-refractivity contribution is -0.113. The molecule has 0 radical (unpaired) electrons. The summed E-state index contributed by atoms with van der Waals surface area (Å²) in [6, 6.07) is 13.6. The number of aromatic nitrogens is 4. The van der Waals surface area contributed by atoms with Crippen LogP contribution in [0.1, 0.15) is 5.56 Å². The summed E-state index contributed by atoms with van der Waals surface area (Å²) in [4.78, 5) is 20.7. The van der Waals surface area contributed by atoms with Gasteiger partial charge in [0.1, 0.15) is 5.03 Å². The summed E-state index contributed by atoms with van der Waals surface area (Å²) < 4.78 is 1.06. The molecule has 0 aliphatic rings. The van der Waals surface area contributed by atoms with E-state index in [4.69, 9.17) is 0 Å². The highest BCUT2D eigenvalue weighted by Gasteiger charge is 2.09. The molecule has 0 fully saturated rings. The van der Waals surface area contributed by atoms with Crippen molar-refractivity contribution in [2.75, 3.05) is 11.1 Å². The summed E-state index contributed by atoms with van der Waals surface area (Å²) in [5, 5.41) is 12.5. The van der Waals surface area contributed by atoms with Crippen molar-refractivity contribution in [3.63, 3.8) is 0 Å². The molecule has 4 rings (SSSR count). The summed E-state index contributed by atoms with van der Waals surface area (Å²) in [5.41, 5.74) is 3.73. The molecule has 3 heterocycles. The molecule has 0 unspecified atom stereocenters. The second-order valence-electron chi connectivity index (χ2n) is 5.83. The fraction of sp³-hybridized carbons (Fsp3) is 0.105. The Morgan fingerprint density at radius 2 is 2.11 bits per heavy atom. The number of nitrogens with one attached hydrogen (secondary N) is 1. The number of amides is 1. The lowest BCUT2D eigenvalue weighted by Gasteiger charge is -2.02. The van der Waals surface area contributed by atoms with Gasteiger partial charge >= 0.3 is 0 Å². The second kappa shape index (κ2) is 7.81. The van der Waals surface area contributed by atoms with Gasteiger partial charge in [-0.05, 0) is 48.9 Å². The number of rotatable bonds is 5. The summed E-state index contributed by atoms with van der Waals surface area (Å²) >= 11 is 2.81. The highest BCUT2D eigenvalue weighted by Crippen LogP contribution is 2.27. The van der Waals surface area contributed by atoms with Crippen molar-refractivity contribution in [1.82, 2.24) is 20.2 Å². The molecule has 134 valence electrons. The van der Waals surface area contributed by atoms with E-state index in [-0.39, 0.29) is 11.7 Å². The number of benzene rings is 1. The maximum Gasteiger partial charge on any atom is 0.236 e. The molecule has 4 aromatic rings. The summed E-state index contributed by atoms with van der Waals surface area (Å²) in [6.45, 7) is 2.04. The second-order valence-corrected chi connectivity index (χ2v) is 7.85. The van der Waals surface area contributed by atoms with Gasteiger partial charge in [-0.1, -0.05) is 29.2 Å². The third kappa shape index (κ3) is 4.29. The molecule has 8 heteroatoms. The van der Waals surface area contributed by atoms with E-state index in [1.165, 1.54) is 28.7 Å². The Bertz CT molecular complexity index is 1080. The molecule has 0 aliphatic carbocycles. The maximum atomic E-state index is 12.2. The van der Waals surface area contributed by atoms with Gasteiger partial charge in [-0.25, -0.2) is 4.98 Å². The molecule has 1 amide bonds. The molecule has 27 heavy (non-hydrogen) atoms. The van der Waals surface area contributed by atoms with Crippen molar-refractivity contribution < 1.29 is 4.79 Å². The Kier molecular flexibility index (Phi) is 5.08. The van der Waals surface area contributed by atoms with Crippen LogP contribution in [-0.4, -0.2) is 31.8 Å². The van der Waals surface area contributed by atoms with E-state index in [1.54, 1.807) is 12.4 Å². The van der Waals surface area contributed by atoms with Crippen LogP contribution in [0.4, 0.5) is 5.13 Å². The number of anilines is 1. The topological polar surface area (TPSA) is 80.7 Å². The van der Waals surface area contributed by atoms with Crippen LogP contribution >= 0.6 is 23.1 Å². The highest BCUT2D eigenvalue weighted by molar-refractivity contribution is 7.99. The normalized spacial score (nSPS) is 10.9. The molecule has 0 saturated carbocycles. The fourth-order valence-electron chi connectivity index (χ4n) is 2.45. The van der Waals surface area contributed by atoms with E-state index in [0.29, 0.717) is 10.2 Å². The number of hydrogen-bond donors (Lipinski definition) is 1. The van der Waals surface area contributed by atoms with Crippen LogP contribution in [0.25, 0.3) is 21.5 Å². The lowest BCUT2D eigenvalue weighted by atomic mass is 10.2. The Hall–Kier alpha value is -2.84. The van der Waals surface area contributed by atoms with Crippen LogP contribution < -0.4 is 5.32 Å². The lowest BCUT2D eigenvalue weighted by Crippen LogP contribution is -2.13. The van der Waals surface area contributed by atoms with Gasteiger partial charge in [-0.15, -0.1) is 10.2 Å². The van der Waals surface area contributed by atoms with Crippen molar-refractivity contribution in [3.05, 3.63) is 60.4 Å². The number of aryl methyl sites for hydroxylation is 1. The smallest absolute Gasteiger partial charge is 0.236 e. The van der Waals surface area contributed by atoms with Crippen LogP contribution in [0, 0.1) is 6.92 Å². The number of nitrogens with zero attached hydrogens (tertiary/aromatic N) is 4. The standard InChI is InChI=1S/C19H15N5OS2/c1-12-4-5-15-16(9-12)27-19(21-15)22-17(25)11-26-18-7-6-14(23-24-18)13-3-2-8-20-10-13/h2-10H,11H2,1H3,(H,21,22,25). The molecule has 1 N–H and O–H groups in total. The predicted octanol–water partition coefficient (Wildman–Crippen LogP) is 4.19. The first-order valence-corrected chi connectivity index (χ1v) is 10.0. The first-order chi connectivity index (χ1) is 13.2. The fourth-order valence-corrected chi connectivity index (χ4v) is 4.04. The largest absolute Gasteiger partial charge is 0.301 e. The van der Waals surface area contributed by atoms with Gasteiger partial charge in [0.15, 0.2) is 5.13 Å². The van der Waals surface area contributed by atoms with Crippen molar-refractivity contribution in [1.29, 1.82) is 0 Å². The van der Waals surface area contributed by atoms with Gasteiger partial charge in [0.25, 0.3) is 0 Å². The number of thioether (sulfide) groups is 1. The van der Waals surface area contributed by atoms with Crippen LogP contribution in [0.15, 0.2) is 59.9 Å². The van der Waals surface area contributed by atoms with Crippen LogP contribution in [0.2, 0.25) is 0 Å². The molecule has 3 aromatic heterocycles. The molecule has 0 saturated heterocycles. The molecule has 0 spiro atoms. The average molecular weight is 393 g/mol. The maximum absolute atomic E-state index is 12.2. The molecular weight excluding hydrogens is 378 g/mol. The van der Waals surface area contributed by atoms with Crippen LogP contribution in [0.5, 0.6) is 0 Å². The van der Waals surface area contributed by atoms with E-state index in [9.17, 15) is 4.79 Å². The van der Waals surface area contributed by atoms with E-state index in [0.717, 1.165) is 21.5 Å². The number of hydrogen-bond acceptors (Lipinski definition) is 7. The zero-order valence-electron chi connectivity index (χ0n) is 14.4. The van der Waals surface area contributed by atoms with E-state index < -0.39 is 0 Å². The highest BCUT2D eigenvalue weighted by atomic mass is 32.2. The third-order valence-corrected chi connectivity index (χ3v) is 5.59. The minimum absolute atomic E-state index is 0.117. The molecule has 1 aromatic carbocycles. The molecule has 0 aliphatic heterocycles. The van der Waals surface area contributed by atoms with Gasteiger partial charge in [0.2, 0.25) is 5.91 Å². The minimum Gasteiger partial charge on any atom is -0.301 e. The number of carbonyl (C=O) groups is 1. The van der Waals surface area contributed by atoms with Gasteiger partial charge < -0.3 is 5.32 Å². The van der Waals surface area contributed by atoms with Crippen molar-refractivity contribution in [3.8, 4) is 11.3 Å². The molecule has 0 bridgehead atoms. The Morgan fingerprint density at radius 3 is 2.89 bits per heavy atom. The predicted molar refractivity (Wildman–Crippen MR) is 109 cm³/mol. The van der Waals surface area contributed by atoms with E-state index >= 15 is 0 Å². The van der Waals surface area contributed by atoms with Crippen molar-refractivity contribution in [2.24, 2.45) is 0 Å². The quantitative estimate of drug-likeness (QED) is 0.512. The van der Waals surface area contributed by atoms with Gasteiger partial charge in [-0.2, -0.15) is 0 Å². The van der Waals surface area contributed by atoms with Crippen LogP contribution in [-0.2, 0) is 4.79 Å². The van der Waals surface area contributed by atoms with Gasteiger partial charge in [-0.3, -0.25) is 9.78 Å². The number of carbonyl (C=O) groups excluding carboxylic acids is 1.